The summed E-state index contributed by atoms with van der Waals surface area (Å²) < 4.78 is 56.7. The molecule has 7 nitrogen and oxygen atoms in total. The standard InChI is InChI=1S/C21H24F2N2O5S/c1-31(28,29)15-2-3-16(18(26)25-10-21(22,23)11-25)17(7-15)24-19(27)20-8-12-4-13(9-20)6-14(5-12)30-20/h2-3,7,12-14H,4-6,8-11H2,1H3,(H,24,27). The summed E-state index contributed by atoms with van der Waals surface area (Å²) in [6.45, 7) is -1.41. The summed E-state index contributed by atoms with van der Waals surface area (Å²) in [4.78, 5) is 27.0. The number of alkyl halides is 2. The lowest BCUT2D eigenvalue weighted by Gasteiger charge is -2.55. The van der Waals surface area contributed by atoms with E-state index in [2.05, 4.69) is 5.32 Å². The second-order valence-electron chi connectivity index (χ2n) is 9.53. The van der Waals surface area contributed by atoms with E-state index in [-0.39, 0.29) is 22.3 Å². The quantitative estimate of drug-likeness (QED) is 0.755. The highest BCUT2D eigenvalue weighted by Gasteiger charge is 2.56. The molecule has 2 amide bonds. The third-order valence-corrected chi connectivity index (χ3v) is 8.04. The molecule has 2 unspecified atom stereocenters. The number of hydrogen-bond donors (Lipinski definition) is 1. The van der Waals surface area contributed by atoms with Crippen LogP contribution in [-0.2, 0) is 19.4 Å². The van der Waals surface area contributed by atoms with Gasteiger partial charge in [-0.25, -0.2) is 17.2 Å². The second-order valence-corrected chi connectivity index (χ2v) is 11.5. The minimum Gasteiger partial charge on any atom is -0.362 e. The van der Waals surface area contributed by atoms with E-state index in [1.807, 2.05) is 0 Å². The highest BCUT2D eigenvalue weighted by atomic mass is 32.2. The maximum atomic E-state index is 13.3. The van der Waals surface area contributed by atoms with Crippen LogP contribution in [0.2, 0.25) is 0 Å². The zero-order valence-electron chi connectivity index (χ0n) is 17.1. The van der Waals surface area contributed by atoms with E-state index < -0.39 is 46.3 Å². The van der Waals surface area contributed by atoms with Crippen LogP contribution in [0, 0.1) is 11.8 Å². The van der Waals surface area contributed by atoms with Crippen LogP contribution in [0.25, 0.3) is 0 Å². The molecule has 4 bridgehead atoms. The second kappa shape index (κ2) is 6.71. The molecule has 0 radical (unpaired) electrons. The Labute approximate surface area is 179 Å². The van der Waals surface area contributed by atoms with E-state index in [1.54, 1.807) is 0 Å². The van der Waals surface area contributed by atoms with Gasteiger partial charge in [0.2, 0.25) is 0 Å². The van der Waals surface area contributed by atoms with Crippen LogP contribution in [-0.4, -0.2) is 62.1 Å². The van der Waals surface area contributed by atoms with Gasteiger partial charge < -0.3 is 15.0 Å². The lowest BCUT2D eigenvalue weighted by atomic mass is 9.62. The third-order valence-electron chi connectivity index (χ3n) is 6.93. The van der Waals surface area contributed by atoms with Crippen LogP contribution >= 0.6 is 0 Å². The number of hydrogen-bond acceptors (Lipinski definition) is 5. The molecule has 2 atom stereocenters. The van der Waals surface area contributed by atoms with Gasteiger partial charge in [0.1, 0.15) is 5.60 Å². The van der Waals surface area contributed by atoms with Gasteiger partial charge in [0.25, 0.3) is 17.7 Å². The lowest BCUT2D eigenvalue weighted by molar-refractivity contribution is -0.215. The average Bonchev–Trinajstić information content (AvgIpc) is 2.63. The normalized spacial score (nSPS) is 33.1. The summed E-state index contributed by atoms with van der Waals surface area (Å²) in [5.41, 5.74) is -0.992. The number of nitrogens with zero attached hydrogens (tertiary/aromatic N) is 1. The van der Waals surface area contributed by atoms with Crippen LogP contribution in [0.15, 0.2) is 23.1 Å². The molecule has 2 aliphatic carbocycles. The summed E-state index contributed by atoms with van der Waals surface area (Å²) in [6.07, 6.45) is 5.24. The number of carbonyl (C=O) groups excluding carboxylic acids is 2. The molecule has 1 aromatic rings. The summed E-state index contributed by atoms with van der Waals surface area (Å²) in [5, 5.41) is 2.72. The molecular weight excluding hydrogens is 430 g/mol. The monoisotopic (exact) mass is 454 g/mol. The van der Waals surface area contributed by atoms with Gasteiger partial charge in [-0.2, -0.15) is 0 Å². The molecule has 0 spiro atoms. The number of rotatable bonds is 4. The summed E-state index contributed by atoms with van der Waals surface area (Å²) in [5.74, 6) is -3.17. The number of benzene rings is 1. The molecule has 3 heterocycles. The van der Waals surface area contributed by atoms with Gasteiger partial charge in [0, 0.05) is 6.26 Å². The fraction of sp³-hybridized carbons (Fsp3) is 0.619. The molecule has 31 heavy (non-hydrogen) atoms. The first-order chi connectivity index (χ1) is 14.4. The molecule has 1 N–H and O–H groups in total. The van der Waals surface area contributed by atoms with E-state index in [0.29, 0.717) is 24.7 Å². The minimum absolute atomic E-state index is 0.00693. The number of ether oxygens (including phenoxy) is 1. The van der Waals surface area contributed by atoms with Gasteiger partial charge in [-0.3, -0.25) is 9.59 Å². The first-order valence-electron chi connectivity index (χ1n) is 10.4. The van der Waals surface area contributed by atoms with Crippen LogP contribution in [0.5, 0.6) is 0 Å². The summed E-state index contributed by atoms with van der Waals surface area (Å²) >= 11 is 0. The van der Waals surface area contributed by atoms with Gasteiger partial charge in [0.15, 0.2) is 9.84 Å². The maximum Gasteiger partial charge on any atom is 0.282 e. The van der Waals surface area contributed by atoms with Gasteiger partial charge in [-0.05, 0) is 62.1 Å². The largest absolute Gasteiger partial charge is 0.362 e. The van der Waals surface area contributed by atoms with Crippen molar-refractivity contribution in [2.24, 2.45) is 11.8 Å². The van der Waals surface area contributed by atoms with E-state index in [1.165, 1.54) is 18.2 Å². The van der Waals surface area contributed by atoms with Gasteiger partial charge in [-0.15, -0.1) is 0 Å². The van der Waals surface area contributed by atoms with E-state index in [0.717, 1.165) is 30.4 Å². The smallest absolute Gasteiger partial charge is 0.282 e. The fourth-order valence-electron chi connectivity index (χ4n) is 5.71. The molecule has 3 aliphatic heterocycles. The maximum absolute atomic E-state index is 13.3. The zero-order valence-corrected chi connectivity index (χ0v) is 17.9. The Balaban J connectivity index is 1.45. The minimum atomic E-state index is -3.61. The average molecular weight is 454 g/mol. The highest BCUT2D eigenvalue weighted by Crippen LogP contribution is 2.53. The van der Waals surface area contributed by atoms with Crippen molar-refractivity contribution >= 4 is 27.3 Å². The summed E-state index contributed by atoms with van der Waals surface area (Å²) in [7, 11) is -3.61. The number of nitrogens with one attached hydrogen (secondary N) is 1. The lowest BCUT2D eigenvalue weighted by Crippen LogP contribution is -2.60. The molecule has 2 saturated carbocycles. The Kier molecular flexibility index (Phi) is 4.51. The van der Waals surface area contributed by atoms with Crippen molar-refractivity contribution in [1.82, 2.24) is 4.90 Å². The molecule has 1 aromatic carbocycles. The Morgan fingerprint density at radius 3 is 2.32 bits per heavy atom. The molecule has 0 aromatic heterocycles. The SMILES string of the molecule is CS(=O)(=O)c1ccc(C(=O)N2CC(F)(F)C2)c(NC(=O)C23CC4CC(CC(C4)O2)C3)c1. The fourth-order valence-corrected chi connectivity index (χ4v) is 6.36. The van der Waals surface area contributed by atoms with E-state index in [4.69, 9.17) is 4.74 Å². The van der Waals surface area contributed by atoms with Crippen molar-refractivity contribution in [1.29, 1.82) is 0 Å². The zero-order chi connectivity index (χ0) is 22.2. The first kappa shape index (κ1) is 20.8. The van der Waals surface area contributed by atoms with Gasteiger partial charge >= 0.3 is 0 Å². The Morgan fingerprint density at radius 2 is 1.77 bits per heavy atom. The number of halogens is 2. The van der Waals surface area contributed by atoms with Crippen LogP contribution in [0.1, 0.15) is 42.5 Å². The highest BCUT2D eigenvalue weighted by molar-refractivity contribution is 7.90. The molecule has 5 fully saturated rings. The summed E-state index contributed by atoms with van der Waals surface area (Å²) in [6, 6.07) is 3.74. The Hall–Kier alpha value is -2.07. The van der Waals surface area contributed by atoms with Crippen LogP contribution < -0.4 is 5.32 Å². The molecule has 10 heteroatoms. The molecule has 6 rings (SSSR count). The van der Waals surface area contributed by atoms with E-state index >= 15 is 0 Å². The van der Waals surface area contributed by atoms with Crippen molar-refractivity contribution in [3.05, 3.63) is 23.8 Å². The number of anilines is 1. The van der Waals surface area contributed by atoms with Gasteiger partial charge in [0.05, 0.1) is 35.3 Å². The number of amides is 2. The van der Waals surface area contributed by atoms with Crippen molar-refractivity contribution in [3.8, 4) is 0 Å². The van der Waals surface area contributed by atoms with Crippen LogP contribution in [0.4, 0.5) is 14.5 Å². The number of likely N-dealkylation sites (tertiary alicyclic amines) is 1. The van der Waals surface area contributed by atoms with Crippen molar-refractivity contribution < 1.29 is 31.5 Å². The van der Waals surface area contributed by atoms with Crippen molar-refractivity contribution in [3.63, 3.8) is 0 Å². The number of carbonyl (C=O) groups is 2. The predicted molar refractivity (Wildman–Crippen MR) is 107 cm³/mol. The first-order valence-corrected chi connectivity index (χ1v) is 12.3. The Bertz CT molecular complexity index is 1030. The molecule has 5 aliphatic rings. The third kappa shape index (κ3) is 3.63. The topological polar surface area (TPSA) is 92.8 Å². The van der Waals surface area contributed by atoms with Crippen molar-refractivity contribution in [2.75, 3.05) is 24.7 Å². The molecular formula is C21H24F2N2O5S. The molecule has 3 saturated heterocycles. The Morgan fingerprint density at radius 1 is 1.13 bits per heavy atom. The van der Waals surface area contributed by atoms with Crippen molar-refractivity contribution in [2.45, 2.75) is 54.6 Å². The van der Waals surface area contributed by atoms with Gasteiger partial charge in [-0.1, -0.05) is 0 Å². The van der Waals surface area contributed by atoms with Crippen LogP contribution in [0.3, 0.4) is 0 Å². The van der Waals surface area contributed by atoms with E-state index in [9.17, 15) is 26.8 Å². The predicted octanol–water partition coefficient (Wildman–Crippen LogP) is 2.47. The molecule has 168 valence electrons. The number of sulfone groups is 1.